The Balaban J connectivity index is 2.74. The van der Waals surface area contributed by atoms with E-state index in [1.54, 1.807) is 20.8 Å². The first-order valence-electron chi connectivity index (χ1n) is 7.08. The predicted molar refractivity (Wildman–Crippen MR) is 78.5 cm³/mol. The van der Waals surface area contributed by atoms with Crippen LogP contribution in [-0.4, -0.2) is 23.7 Å². The van der Waals surface area contributed by atoms with Gasteiger partial charge in [0, 0.05) is 11.6 Å². The minimum absolute atomic E-state index is 0.00683. The van der Waals surface area contributed by atoms with Gasteiger partial charge in [0.1, 0.15) is 11.3 Å². The highest BCUT2D eigenvalue weighted by atomic mass is 19.4. The van der Waals surface area contributed by atoms with Gasteiger partial charge in [-0.3, -0.25) is 4.98 Å². The zero-order valence-electron chi connectivity index (χ0n) is 12.9. The summed E-state index contributed by atoms with van der Waals surface area (Å²) in [4.78, 5) is 15.8. The van der Waals surface area contributed by atoms with Gasteiger partial charge in [0.25, 0.3) is 0 Å². The topological polar surface area (TPSA) is 48.4 Å². The number of hydrogen-bond acceptors (Lipinski definition) is 4. The lowest BCUT2D eigenvalue weighted by atomic mass is 10.1. The van der Waals surface area contributed by atoms with Gasteiger partial charge >= 0.3 is 12.1 Å². The maximum absolute atomic E-state index is 13.1. The molecule has 23 heavy (non-hydrogen) atoms. The zero-order valence-corrected chi connectivity index (χ0v) is 12.9. The molecule has 0 unspecified atom stereocenters. The summed E-state index contributed by atoms with van der Waals surface area (Å²) >= 11 is 0. The highest BCUT2D eigenvalue weighted by Crippen LogP contribution is 2.38. The molecule has 7 heteroatoms. The van der Waals surface area contributed by atoms with Gasteiger partial charge in [-0.2, -0.15) is 13.2 Å². The number of aromatic nitrogens is 1. The van der Waals surface area contributed by atoms with Crippen molar-refractivity contribution in [1.82, 2.24) is 4.98 Å². The standard InChI is InChI=1S/C16H16F3NO3/c1-4-22-15(21)11-8-20-13-10(14(11)23-9(2)3)6-5-7-12(13)16(17,18)19/h5-9H,4H2,1-3H3. The molecule has 0 aliphatic heterocycles. The number of esters is 1. The molecule has 0 amide bonds. The van der Waals surface area contributed by atoms with Gasteiger partial charge in [-0.25, -0.2) is 4.79 Å². The first kappa shape index (κ1) is 17.1. The van der Waals surface area contributed by atoms with E-state index in [0.29, 0.717) is 0 Å². The molecule has 0 N–H and O–H groups in total. The molecule has 0 bridgehead atoms. The monoisotopic (exact) mass is 327 g/mol. The molecule has 0 aliphatic rings. The largest absolute Gasteiger partial charge is 0.489 e. The quantitative estimate of drug-likeness (QED) is 0.789. The lowest BCUT2D eigenvalue weighted by Crippen LogP contribution is -2.14. The molecule has 0 saturated carbocycles. The van der Waals surface area contributed by atoms with E-state index in [9.17, 15) is 18.0 Å². The number of benzene rings is 1. The Morgan fingerprint density at radius 2 is 2.00 bits per heavy atom. The lowest BCUT2D eigenvalue weighted by molar-refractivity contribution is -0.136. The Morgan fingerprint density at radius 1 is 1.30 bits per heavy atom. The van der Waals surface area contributed by atoms with E-state index in [2.05, 4.69) is 4.98 Å². The van der Waals surface area contributed by atoms with Gasteiger partial charge in [-0.15, -0.1) is 0 Å². The molecular weight excluding hydrogens is 311 g/mol. The van der Waals surface area contributed by atoms with Gasteiger partial charge in [0.2, 0.25) is 0 Å². The predicted octanol–water partition coefficient (Wildman–Crippen LogP) is 4.22. The summed E-state index contributed by atoms with van der Waals surface area (Å²) in [5.74, 6) is -0.635. The number of fused-ring (bicyclic) bond motifs is 1. The summed E-state index contributed by atoms with van der Waals surface area (Å²) in [5.41, 5.74) is -1.13. The van der Waals surface area contributed by atoms with Crippen molar-refractivity contribution in [3.05, 3.63) is 35.5 Å². The second kappa shape index (κ2) is 6.44. The number of carbonyl (C=O) groups excluding carboxylic acids is 1. The minimum atomic E-state index is -4.55. The van der Waals surface area contributed by atoms with Crippen LogP contribution >= 0.6 is 0 Å². The van der Waals surface area contributed by atoms with Crippen molar-refractivity contribution in [2.24, 2.45) is 0 Å². The molecular formula is C16H16F3NO3. The molecule has 0 fully saturated rings. The second-order valence-electron chi connectivity index (χ2n) is 5.09. The van der Waals surface area contributed by atoms with Crippen molar-refractivity contribution in [2.45, 2.75) is 33.1 Å². The SMILES string of the molecule is CCOC(=O)c1cnc2c(C(F)(F)F)cccc2c1OC(C)C. The van der Waals surface area contributed by atoms with Crippen molar-refractivity contribution in [3.8, 4) is 5.75 Å². The van der Waals surface area contributed by atoms with E-state index in [0.717, 1.165) is 12.3 Å². The van der Waals surface area contributed by atoms with Crippen molar-refractivity contribution in [3.63, 3.8) is 0 Å². The third-order valence-electron chi connectivity index (χ3n) is 3.00. The number of para-hydroxylation sites is 1. The number of halogens is 3. The molecule has 0 aliphatic carbocycles. The van der Waals surface area contributed by atoms with Crippen LogP contribution in [0.25, 0.3) is 10.9 Å². The summed E-state index contributed by atoms with van der Waals surface area (Å²) in [5, 5.41) is 0.124. The highest BCUT2D eigenvalue weighted by molar-refractivity contribution is 6.00. The maximum atomic E-state index is 13.1. The minimum Gasteiger partial charge on any atom is -0.489 e. The van der Waals surface area contributed by atoms with E-state index >= 15 is 0 Å². The molecule has 0 radical (unpaired) electrons. The molecule has 1 aromatic heterocycles. The van der Waals surface area contributed by atoms with Gasteiger partial charge < -0.3 is 9.47 Å². The highest BCUT2D eigenvalue weighted by Gasteiger charge is 2.34. The van der Waals surface area contributed by atoms with Crippen molar-refractivity contribution in [1.29, 1.82) is 0 Å². The van der Waals surface area contributed by atoms with Gasteiger partial charge in [-0.05, 0) is 32.9 Å². The van der Waals surface area contributed by atoms with Crippen LogP contribution in [0.15, 0.2) is 24.4 Å². The van der Waals surface area contributed by atoms with Crippen LogP contribution in [0.1, 0.15) is 36.7 Å². The third kappa shape index (κ3) is 3.55. The Hall–Kier alpha value is -2.31. The normalized spacial score (nSPS) is 11.8. The fourth-order valence-corrected chi connectivity index (χ4v) is 2.14. The molecule has 1 heterocycles. The van der Waals surface area contributed by atoms with E-state index in [-0.39, 0.29) is 34.9 Å². The number of nitrogens with zero attached hydrogens (tertiary/aromatic N) is 1. The van der Waals surface area contributed by atoms with Gasteiger partial charge in [0.15, 0.2) is 0 Å². The van der Waals surface area contributed by atoms with Crippen LogP contribution in [0.3, 0.4) is 0 Å². The van der Waals surface area contributed by atoms with E-state index in [1.165, 1.54) is 12.1 Å². The summed E-state index contributed by atoms with van der Waals surface area (Å²) in [6, 6.07) is 3.64. The number of rotatable bonds is 4. The first-order chi connectivity index (χ1) is 10.8. The average Bonchev–Trinajstić information content (AvgIpc) is 2.45. The van der Waals surface area contributed by atoms with Gasteiger partial charge in [-0.1, -0.05) is 6.07 Å². The van der Waals surface area contributed by atoms with E-state index in [1.807, 2.05) is 0 Å². The molecule has 0 atom stereocenters. The molecule has 2 aromatic rings. The number of pyridine rings is 1. The second-order valence-corrected chi connectivity index (χ2v) is 5.09. The molecule has 0 saturated heterocycles. The Bertz CT molecular complexity index is 726. The van der Waals surface area contributed by atoms with Crippen molar-refractivity contribution >= 4 is 16.9 Å². The molecule has 2 rings (SSSR count). The van der Waals surface area contributed by atoms with Crippen LogP contribution in [0.4, 0.5) is 13.2 Å². The van der Waals surface area contributed by atoms with Crippen LogP contribution in [-0.2, 0) is 10.9 Å². The summed E-state index contributed by atoms with van der Waals surface area (Å²) in [7, 11) is 0. The number of ether oxygens (including phenoxy) is 2. The number of alkyl halides is 3. The lowest BCUT2D eigenvalue weighted by Gasteiger charge is -2.17. The Labute approximate surface area is 131 Å². The van der Waals surface area contributed by atoms with E-state index < -0.39 is 17.7 Å². The van der Waals surface area contributed by atoms with E-state index in [4.69, 9.17) is 9.47 Å². The Kier molecular flexibility index (Phi) is 4.77. The Morgan fingerprint density at radius 3 is 2.57 bits per heavy atom. The van der Waals surface area contributed by atoms with Crippen molar-refractivity contribution < 1.29 is 27.4 Å². The van der Waals surface area contributed by atoms with Gasteiger partial charge in [0.05, 0.1) is 23.8 Å². The maximum Gasteiger partial charge on any atom is 0.418 e. The molecule has 1 aromatic carbocycles. The fourth-order valence-electron chi connectivity index (χ4n) is 2.14. The number of hydrogen-bond donors (Lipinski definition) is 0. The summed E-state index contributed by atoms with van der Waals surface area (Å²) in [6.45, 7) is 5.21. The molecule has 4 nitrogen and oxygen atoms in total. The average molecular weight is 327 g/mol. The molecule has 0 spiro atoms. The van der Waals surface area contributed by atoms with Crippen LogP contribution in [0, 0.1) is 0 Å². The van der Waals surface area contributed by atoms with Crippen molar-refractivity contribution in [2.75, 3.05) is 6.61 Å². The zero-order chi connectivity index (χ0) is 17.2. The smallest absolute Gasteiger partial charge is 0.418 e. The number of carbonyl (C=O) groups is 1. The summed E-state index contributed by atoms with van der Waals surface area (Å²) < 4.78 is 49.9. The third-order valence-corrected chi connectivity index (χ3v) is 3.00. The molecule has 124 valence electrons. The first-order valence-corrected chi connectivity index (χ1v) is 7.08. The van der Waals surface area contributed by atoms with Crippen LogP contribution in [0.2, 0.25) is 0 Å². The van der Waals surface area contributed by atoms with Crippen LogP contribution in [0.5, 0.6) is 5.75 Å². The fraction of sp³-hybridized carbons (Fsp3) is 0.375. The van der Waals surface area contributed by atoms with Crippen LogP contribution < -0.4 is 4.74 Å². The summed E-state index contributed by atoms with van der Waals surface area (Å²) in [6.07, 6.45) is -3.82.